The number of carbonyl (C=O) groups excluding carboxylic acids is 1. The third-order valence-corrected chi connectivity index (χ3v) is 8.21. The molecule has 3 aromatic carbocycles. The van der Waals surface area contributed by atoms with Gasteiger partial charge < -0.3 is 10.4 Å². The average molecular weight is 466 g/mol. The fraction of sp³-hybridized carbons (Fsp3) is 0.333. The minimum atomic E-state index is -0.750. The number of rotatable bonds is 7. The van der Waals surface area contributed by atoms with Crippen LogP contribution in [0.4, 0.5) is 0 Å². The highest BCUT2D eigenvalue weighted by Gasteiger charge is 2.67. The molecule has 2 fully saturated rings. The monoisotopic (exact) mass is 465 g/mol. The molecule has 35 heavy (non-hydrogen) atoms. The van der Waals surface area contributed by atoms with Crippen molar-refractivity contribution in [2.24, 2.45) is 22.7 Å². The van der Waals surface area contributed by atoms with Crippen LogP contribution in [-0.4, -0.2) is 40.3 Å². The molecule has 7 rings (SSSR count). The zero-order valence-corrected chi connectivity index (χ0v) is 19.8. The molecule has 1 saturated heterocycles. The largest absolute Gasteiger partial charge is 0.508 e. The molecule has 3 aromatic rings. The van der Waals surface area contributed by atoms with E-state index in [0.717, 1.165) is 31.5 Å². The van der Waals surface area contributed by atoms with Crippen molar-refractivity contribution < 1.29 is 9.90 Å². The van der Waals surface area contributed by atoms with Crippen molar-refractivity contribution in [3.63, 3.8) is 0 Å². The fourth-order valence-electron chi connectivity index (χ4n) is 6.66. The first-order valence-corrected chi connectivity index (χ1v) is 12.6. The molecule has 5 heteroatoms. The van der Waals surface area contributed by atoms with Gasteiger partial charge in [-0.3, -0.25) is 14.7 Å². The maximum atomic E-state index is 14.0. The van der Waals surface area contributed by atoms with Crippen LogP contribution < -0.4 is 5.32 Å². The van der Waals surface area contributed by atoms with Gasteiger partial charge in [0.2, 0.25) is 5.91 Å². The van der Waals surface area contributed by atoms with Gasteiger partial charge in [0, 0.05) is 37.8 Å². The minimum absolute atomic E-state index is 0.0426. The molecule has 3 aliphatic heterocycles. The fourth-order valence-corrected chi connectivity index (χ4v) is 6.66. The summed E-state index contributed by atoms with van der Waals surface area (Å²) < 4.78 is 0. The first-order chi connectivity index (χ1) is 17.1. The van der Waals surface area contributed by atoms with Gasteiger partial charge in [0.1, 0.15) is 5.75 Å². The Bertz CT molecular complexity index is 1210. The van der Waals surface area contributed by atoms with Crippen LogP contribution in [0.1, 0.15) is 23.1 Å². The number of nitrogens with zero attached hydrogens (tertiary/aromatic N) is 2. The smallest absolute Gasteiger partial charge is 0.250 e. The van der Waals surface area contributed by atoms with Crippen molar-refractivity contribution in [1.82, 2.24) is 10.2 Å². The number of likely N-dealkylation sites (tertiary alicyclic amines) is 1. The molecular weight excluding hydrogens is 434 g/mol. The molecule has 178 valence electrons. The number of benzene rings is 3. The highest BCUT2D eigenvalue weighted by Crippen LogP contribution is 2.55. The van der Waals surface area contributed by atoms with Crippen LogP contribution in [0, 0.1) is 17.8 Å². The molecule has 5 unspecified atom stereocenters. The Balaban J connectivity index is 1.33. The van der Waals surface area contributed by atoms with Crippen molar-refractivity contribution in [3.8, 4) is 5.75 Å². The topological polar surface area (TPSA) is 64.9 Å². The first kappa shape index (κ1) is 22.1. The van der Waals surface area contributed by atoms with Crippen molar-refractivity contribution in [1.29, 1.82) is 0 Å². The van der Waals surface area contributed by atoms with Gasteiger partial charge in [-0.05, 0) is 53.5 Å². The zero-order valence-electron chi connectivity index (χ0n) is 19.8. The lowest BCUT2D eigenvalue weighted by Gasteiger charge is -2.51. The third kappa shape index (κ3) is 3.94. The van der Waals surface area contributed by atoms with E-state index in [0.29, 0.717) is 18.4 Å². The second-order valence-electron chi connectivity index (χ2n) is 10.3. The van der Waals surface area contributed by atoms with E-state index >= 15 is 0 Å². The van der Waals surface area contributed by atoms with Gasteiger partial charge in [0.05, 0.1) is 0 Å². The van der Waals surface area contributed by atoms with Gasteiger partial charge in [0.15, 0.2) is 5.54 Å². The molecule has 0 spiro atoms. The maximum absolute atomic E-state index is 14.0. The molecule has 0 aromatic heterocycles. The molecule has 5 atom stereocenters. The number of phenolic OH excluding ortho intramolecular Hbond substituents is 1. The molecule has 5 nitrogen and oxygen atoms in total. The molecule has 1 saturated carbocycles. The lowest BCUT2D eigenvalue weighted by atomic mass is 9.59. The summed E-state index contributed by atoms with van der Waals surface area (Å²) in [5.41, 5.74) is 2.81. The van der Waals surface area contributed by atoms with Crippen LogP contribution >= 0.6 is 0 Å². The number of hydrogen-bond donors (Lipinski definition) is 2. The highest BCUT2D eigenvalue weighted by molar-refractivity contribution is 5.92. The summed E-state index contributed by atoms with van der Waals surface area (Å²) in [6, 6.07) is 28.2. The number of carbonyl (C=O) groups is 1. The second kappa shape index (κ2) is 8.97. The number of aliphatic imine (C=N–C) groups is 1. The predicted molar refractivity (Wildman–Crippen MR) is 137 cm³/mol. The SMILES string of the molecule is O=C(NCc1ccccc1)C12N=CC3CC1CN(Cc1ccccc1)C2C3Cc1ccc(O)cc1. The first-order valence-electron chi connectivity index (χ1n) is 12.6. The average Bonchev–Trinajstić information content (AvgIpc) is 3.15. The van der Waals surface area contributed by atoms with Crippen molar-refractivity contribution in [2.45, 2.75) is 37.5 Å². The molecule has 4 bridgehead atoms. The van der Waals surface area contributed by atoms with E-state index in [4.69, 9.17) is 4.99 Å². The van der Waals surface area contributed by atoms with Crippen molar-refractivity contribution in [2.75, 3.05) is 6.54 Å². The molecular formula is C30H31N3O2. The van der Waals surface area contributed by atoms with E-state index in [1.807, 2.05) is 48.5 Å². The van der Waals surface area contributed by atoms with Crippen LogP contribution in [-0.2, 0) is 24.3 Å². The van der Waals surface area contributed by atoms with Gasteiger partial charge in [-0.25, -0.2) is 0 Å². The van der Waals surface area contributed by atoms with Gasteiger partial charge >= 0.3 is 0 Å². The third-order valence-electron chi connectivity index (χ3n) is 8.21. The van der Waals surface area contributed by atoms with Crippen molar-refractivity contribution in [3.05, 3.63) is 102 Å². The van der Waals surface area contributed by atoms with Crippen molar-refractivity contribution >= 4 is 12.1 Å². The van der Waals surface area contributed by atoms with E-state index in [-0.39, 0.29) is 23.6 Å². The highest BCUT2D eigenvalue weighted by atomic mass is 16.3. The predicted octanol–water partition coefficient (Wildman–Crippen LogP) is 4.21. The quantitative estimate of drug-likeness (QED) is 0.549. The van der Waals surface area contributed by atoms with Crippen LogP contribution in [0.25, 0.3) is 0 Å². The Morgan fingerprint density at radius 2 is 1.63 bits per heavy atom. The maximum Gasteiger partial charge on any atom is 0.250 e. The summed E-state index contributed by atoms with van der Waals surface area (Å²) in [4.78, 5) is 21.5. The van der Waals surface area contributed by atoms with E-state index in [1.165, 1.54) is 11.1 Å². The molecule has 1 amide bonds. The summed E-state index contributed by atoms with van der Waals surface area (Å²) in [7, 11) is 0. The zero-order chi connectivity index (χ0) is 23.8. The summed E-state index contributed by atoms with van der Waals surface area (Å²) in [5, 5.41) is 13.0. The number of phenols is 1. The standard InChI is InChI=1S/C30H31N3O2/c34-26-13-11-21(12-14-26)15-27-24-16-25-20-33(19-23-9-5-2-6-10-23)28(27)30(25,32-18-24)29(35)31-17-22-7-3-1-4-8-22/h1-14,18,24-25,27-28,34H,15-17,19-20H2,(H,31,35). The molecule has 3 heterocycles. The van der Waals surface area contributed by atoms with Crippen LogP contribution in [0.15, 0.2) is 89.9 Å². The van der Waals surface area contributed by atoms with E-state index in [1.54, 1.807) is 12.1 Å². The van der Waals surface area contributed by atoms with Gasteiger partial charge in [-0.15, -0.1) is 0 Å². The number of hydrogen-bond acceptors (Lipinski definition) is 4. The van der Waals surface area contributed by atoms with Crippen LogP contribution in [0.3, 0.4) is 0 Å². The van der Waals surface area contributed by atoms with E-state index in [2.05, 4.69) is 40.7 Å². The van der Waals surface area contributed by atoms with E-state index in [9.17, 15) is 9.90 Å². The Labute approximate surface area is 206 Å². The summed E-state index contributed by atoms with van der Waals surface area (Å²) >= 11 is 0. The van der Waals surface area contributed by atoms with Gasteiger partial charge in [0.25, 0.3) is 0 Å². The Kier molecular flexibility index (Phi) is 5.65. The summed E-state index contributed by atoms with van der Waals surface area (Å²) in [6.07, 6.45) is 3.94. The second-order valence-corrected chi connectivity index (χ2v) is 10.3. The number of aromatic hydroxyl groups is 1. The number of amides is 1. The normalized spacial score (nSPS) is 28.8. The summed E-state index contributed by atoms with van der Waals surface area (Å²) in [6.45, 7) is 2.23. The minimum Gasteiger partial charge on any atom is -0.508 e. The van der Waals surface area contributed by atoms with Gasteiger partial charge in [-0.2, -0.15) is 0 Å². The lowest BCUT2D eigenvalue weighted by Crippen LogP contribution is -2.65. The molecule has 4 aliphatic rings. The van der Waals surface area contributed by atoms with Crippen LogP contribution in [0.5, 0.6) is 5.75 Å². The van der Waals surface area contributed by atoms with E-state index < -0.39 is 5.54 Å². The Morgan fingerprint density at radius 1 is 0.943 bits per heavy atom. The lowest BCUT2D eigenvalue weighted by molar-refractivity contribution is -0.132. The summed E-state index contributed by atoms with van der Waals surface area (Å²) in [5.74, 6) is 1.21. The Morgan fingerprint density at radius 3 is 2.34 bits per heavy atom. The van der Waals surface area contributed by atoms with Crippen LogP contribution in [0.2, 0.25) is 0 Å². The molecule has 2 N–H and O–H groups in total. The molecule has 1 aliphatic carbocycles. The Hall–Kier alpha value is -3.44. The number of nitrogens with one attached hydrogen (secondary N) is 1. The molecule has 0 radical (unpaired) electrons. The van der Waals surface area contributed by atoms with Gasteiger partial charge in [-0.1, -0.05) is 72.8 Å².